The lowest BCUT2D eigenvalue weighted by Gasteiger charge is -2.20. The zero-order valence-electron chi connectivity index (χ0n) is 13.5. The number of pyridine rings is 1. The molecule has 0 unspecified atom stereocenters. The third kappa shape index (κ3) is 5.02. The van der Waals surface area contributed by atoms with Gasteiger partial charge in [-0.3, -0.25) is 4.79 Å². The van der Waals surface area contributed by atoms with E-state index in [1.807, 2.05) is 30.3 Å². The van der Waals surface area contributed by atoms with Crippen LogP contribution in [0.3, 0.4) is 0 Å². The van der Waals surface area contributed by atoms with E-state index in [9.17, 15) is 9.59 Å². The molecule has 1 amide bonds. The molecule has 0 fully saturated rings. The van der Waals surface area contributed by atoms with E-state index in [1.165, 1.54) is 11.0 Å². The summed E-state index contributed by atoms with van der Waals surface area (Å²) in [5, 5.41) is 18.2. The second kappa shape index (κ2) is 8.99. The summed E-state index contributed by atoms with van der Waals surface area (Å²) in [5.41, 5.74) is 0.778. The van der Waals surface area contributed by atoms with Crippen molar-refractivity contribution in [2.75, 3.05) is 19.7 Å². The summed E-state index contributed by atoms with van der Waals surface area (Å²) in [6, 6.07) is 14.5. The van der Waals surface area contributed by atoms with Crippen LogP contribution in [0.4, 0.5) is 0 Å². The molecule has 1 aromatic heterocycles. The summed E-state index contributed by atoms with van der Waals surface area (Å²) in [6.45, 7) is -0.0597. The molecule has 0 aliphatic heterocycles. The van der Waals surface area contributed by atoms with Crippen molar-refractivity contribution in [2.45, 2.75) is 12.8 Å². The summed E-state index contributed by atoms with van der Waals surface area (Å²) >= 11 is 0. The summed E-state index contributed by atoms with van der Waals surface area (Å²) in [6.07, 6.45) is 0.300. The molecule has 25 heavy (non-hydrogen) atoms. The average molecular weight is 336 g/mol. The molecule has 7 heteroatoms. The molecule has 7 nitrogen and oxygen atoms in total. The first-order chi connectivity index (χ1) is 12.2. The van der Waals surface area contributed by atoms with Crippen molar-refractivity contribution in [3.63, 3.8) is 0 Å². The number of benzene rings is 1. The van der Waals surface area contributed by atoms with Crippen LogP contribution in [-0.2, 0) is 9.53 Å². The fraction of sp³-hybridized carbons (Fsp3) is 0.278. The van der Waals surface area contributed by atoms with Crippen molar-refractivity contribution < 1.29 is 14.3 Å². The highest BCUT2D eigenvalue weighted by Crippen LogP contribution is 2.12. The van der Waals surface area contributed by atoms with Crippen molar-refractivity contribution >= 4 is 22.8 Å². The number of carbonyl (C=O) groups excluding carboxylic acids is 2. The van der Waals surface area contributed by atoms with E-state index in [4.69, 9.17) is 15.3 Å². The van der Waals surface area contributed by atoms with Crippen molar-refractivity contribution in [3.8, 4) is 12.1 Å². The maximum atomic E-state index is 12.1. The monoisotopic (exact) mass is 336 g/mol. The number of esters is 1. The van der Waals surface area contributed by atoms with Crippen LogP contribution in [0.25, 0.3) is 10.9 Å². The molecule has 0 aliphatic carbocycles. The van der Waals surface area contributed by atoms with E-state index < -0.39 is 18.5 Å². The molecule has 2 rings (SSSR count). The van der Waals surface area contributed by atoms with Crippen LogP contribution in [0, 0.1) is 22.7 Å². The van der Waals surface area contributed by atoms with E-state index in [-0.39, 0.29) is 31.6 Å². The summed E-state index contributed by atoms with van der Waals surface area (Å²) < 4.78 is 5.02. The van der Waals surface area contributed by atoms with Crippen LogP contribution in [0.2, 0.25) is 0 Å². The third-order valence-electron chi connectivity index (χ3n) is 3.47. The fourth-order valence-electron chi connectivity index (χ4n) is 2.20. The van der Waals surface area contributed by atoms with Gasteiger partial charge in [-0.05, 0) is 12.1 Å². The highest BCUT2D eigenvalue weighted by molar-refractivity contribution is 5.92. The Bertz CT molecular complexity index is 833. The lowest BCUT2D eigenvalue weighted by atomic mass is 10.2. The molecular formula is C18H16N4O3. The topological polar surface area (TPSA) is 107 Å². The van der Waals surface area contributed by atoms with Crippen LogP contribution in [0.1, 0.15) is 23.3 Å². The molecule has 0 atom stereocenters. The van der Waals surface area contributed by atoms with Gasteiger partial charge in [0.25, 0.3) is 5.91 Å². The van der Waals surface area contributed by atoms with E-state index in [1.54, 1.807) is 12.1 Å². The number of amides is 1. The molecule has 1 heterocycles. The molecule has 126 valence electrons. The Kier molecular flexibility index (Phi) is 6.44. The van der Waals surface area contributed by atoms with Crippen molar-refractivity contribution in [3.05, 3.63) is 42.1 Å². The zero-order chi connectivity index (χ0) is 18.1. The van der Waals surface area contributed by atoms with Gasteiger partial charge in [-0.2, -0.15) is 10.5 Å². The third-order valence-corrected chi connectivity index (χ3v) is 3.47. The molecule has 0 spiro atoms. The predicted molar refractivity (Wildman–Crippen MR) is 89.1 cm³/mol. The molecule has 0 N–H and O–H groups in total. The van der Waals surface area contributed by atoms with Crippen LogP contribution in [-0.4, -0.2) is 41.5 Å². The number of aromatic nitrogens is 1. The average Bonchev–Trinajstić information content (AvgIpc) is 2.65. The highest BCUT2D eigenvalue weighted by atomic mass is 16.5. The Labute approximate surface area is 145 Å². The van der Waals surface area contributed by atoms with Gasteiger partial charge in [0.2, 0.25) is 0 Å². The predicted octanol–water partition coefficient (Wildman–Crippen LogP) is 2.05. The lowest BCUT2D eigenvalue weighted by Crippen LogP contribution is -2.36. The van der Waals surface area contributed by atoms with Gasteiger partial charge in [-0.1, -0.05) is 24.3 Å². The summed E-state index contributed by atoms with van der Waals surface area (Å²) in [4.78, 5) is 29.7. The SMILES string of the molecule is N#CCCN(CCC#N)C(=O)COC(=O)c1ccc2ccccc2n1. The smallest absolute Gasteiger partial charge is 0.357 e. The Morgan fingerprint density at radius 1 is 1.04 bits per heavy atom. The van der Waals surface area contributed by atoms with Gasteiger partial charge in [0.05, 0.1) is 30.5 Å². The Hall–Kier alpha value is -3.45. The van der Waals surface area contributed by atoms with Gasteiger partial charge in [-0.15, -0.1) is 0 Å². The number of hydrogen-bond donors (Lipinski definition) is 0. The normalized spacial score (nSPS) is 9.84. The van der Waals surface area contributed by atoms with E-state index in [0.29, 0.717) is 5.52 Å². The van der Waals surface area contributed by atoms with Crippen molar-refractivity contribution in [1.82, 2.24) is 9.88 Å². The fourth-order valence-corrected chi connectivity index (χ4v) is 2.20. The van der Waals surface area contributed by atoms with Crippen LogP contribution < -0.4 is 0 Å². The quantitative estimate of drug-likeness (QED) is 0.716. The number of nitrogens with zero attached hydrogens (tertiary/aromatic N) is 4. The standard InChI is InChI=1S/C18H16N4O3/c19-9-3-11-22(12-4-10-20)17(23)13-25-18(24)16-8-7-14-5-1-2-6-15(14)21-16/h1-2,5-8H,3-4,11-13H2. The lowest BCUT2D eigenvalue weighted by molar-refractivity contribution is -0.134. The van der Waals surface area contributed by atoms with Gasteiger partial charge in [0, 0.05) is 18.5 Å². The van der Waals surface area contributed by atoms with Gasteiger partial charge in [0.1, 0.15) is 5.69 Å². The number of carbonyl (C=O) groups is 2. The molecule has 0 radical (unpaired) electrons. The molecule has 1 aromatic carbocycles. The molecule has 0 bridgehead atoms. The summed E-state index contributed by atoms with van der Waals surface area (Å²) in [7, 11) is 0. The molecular weight excluding hydrogens is 320 g/mol. The second-order valence-electron chi connectivity index (χ2n) is 5.16. The molecule has 0 saturated carbocycles. The van der Waals surface area contributed by atoms with Crippen molar-refractivity contribution in [2.24, 2.45) is 0 Å². The maximum Gasteiger partial charge on any atom is 0.357 e. The number of fused-ring (bicyclic) bond motifs is 1. The maximum absolute atomic E-state index is 12.1. The van der Waals surface area contributed by atoms with Gasteiger partial charge in [0.15, 0.2) is 6.61 Å². The van der Waals surface area contributed by atoms with Gasteiger partial charge >= 0.3 is 5.97 Å². The molecule has 0 aliphatic rings. The second-order valence-corrected chi connectivity index (χ2v) is 5.16. The van der Waals surface area contributed by atoms with E-state index >= 15 is 0 Å². The summed E-state index contributed by atoms with van der Waals surface area (Å²) in [5.74, 6) is -1.14. The number of nitriles is 2. The van der Waals surface area contributed by atoms with Gasteiger partial charge in [-0.25, -0.2) is 9.78 Å². The minimum Gasteiger partial charge on any atom is -0.451 e. The minimum absolute atomic E-state index is 0.118. The first kappa shape index (κ1) is 17.9. The van der Waals surface area contributed by atoms with Gasteiger partial charge < -0.3 is 9.64 Å². The van der Waals surface area contributed by atoms with Crippen LogP contribution >= 0.6 is 0 Å². The van der Waals surface area contributed by atoms with Crippen LogP contribution in [0.15, 0.2) is 36.4 Å². The Morgan fingerprint density at radius 3 is 2.40 bits per heavy atom. The Balaban J connectivity index is 1.97. The minimum atomic E-state index is -0.695. The van der Waals surface area contributed by atoms with E-state index in [2.05, 4.69) is 4.98 Å². The zero-order valence-corrected chi connectivity index (χ0v) is 13.5. The highest BCUT2D eigenvalue weighted by Gasteiger charge is 2.17. The molecule has 0 saturated heterocycles. The van der Waals surface area contributed by atoms with Crippen LogP contribution in [0.5, 0.6) is 0 Å². The van der Waals surface area contributed by atoms with Crippen molar-refractivity contribution in [1.29, 1.82) is 10.5 Å². The molecule has 2 aromatic rings. The number of hydrogen-bond acceptors (Lipinski definition) is 6. The number of para-hydroxylation sites is 1. The first-order valence-electron chi connectivity index (χ1n) is 7.70. The Morgan fingerprint density at radius 2 is 1.72 bits per heavy atom. The number of ether oxygens (including phenoxy) is 1. The number of rotatable bonds is 7. The first-order valence-corrected chi connectivity index (χ1v) is 7.70. The van der Waals surface area contributed by atoms with E-state index in [0.717, 1.165) is 5.39 Å². The largest absolute Gasteiger partial charge is 0.451 e.